The lowest BCUT2D eigenvalue weighted by molar-refractivity contribution is -0.139. The zero-order valence-electron chi connectivity index (χ0n) is 17.8. The number of benzene rings is 2. The van der Waals surface area contributed by atoms with Crippen molar-refractivity contribution >= 4 is 17.4 Å². The molecule has 0 saturated carbocycles. The van der Waals surface area contributed by atoms with Crippen LogP contribution in [0.5, 0.6) is 11.5 Å². The van der Waals surface area contributed by atoms with Crippen molar-refractivity contribution in [3.05, 3.63) is 77.9 Å². The molecule has 0 radical (unpaired) electrons. The first-order chi connectivity index (χ1) is 15.0. The number of ketones is 1. The second-order valence-electron chi connectivity index (χ2n) is 7.25. The number of unbranched alkanes of at least 4 members (excludes halogenated alkanes) is 1. The van der Waals surface area contributed by atoms with Crippen LogP contribution in [0, 0.1) is 0 Å². The number of nitrogens with zero attached hydrogens (tertiary/aromatic N) is 1. The fourth-order valence-electron chi connectivity index (χ4n) is 3.62. The molecule has 1 atom stereocenters. The molecule has 1 fully saturated rings. The SMILES string of the molecule is C=CCOc1ccc(/C(O)=C2/C(=O)C(=O)N(CCCC)C2c2cccc(OC)c2)cc1. The first-order valence-electron chi connectivity index (χ1n) is 10.3. The first kappa shape index (κ1) is 22.2. The Balaban J connectivity index is 2.08. The zero-order chi connectivity index (χ0) is 22.4. The Morgan fingerprint density at radius 3 is 2.55 bits per heavy atom. The number of likely N-dealkylation sites (tertiary alicyclic amines) is 1. The van der Waals surface area contributed by atoms with Crippen LogP contribution < -0.4 is 9.47 Å². The summed E-state index contributed by atoms with van der Waals surface area (Å²) in [4.78, 5) is 27.3. The van der Waals surface area contributed by atoms with Crippen LogP contribution in [0.15, 0.2) is 66.8 Å². The van der Waals surface area contributed by atoms with E-state index in [1.54, 1.807) is 55.7 Å². The topological polar surface area (TPSA) is 76.1 Å². The predicted octanol–water partition coefficient (Wildman–Crippen LogP) is 4.48. The molecule has 0 bridgehead atoms. The summed E-state index contributed by atoms with van der Waals surface area (Å²) in [5, 5.41) is 11.1. The van der Waals surface area contributed by atoms with E-state index in [4.69, 9.17) is 9.47 Å². The third kappa shape index (κ3) is 4.63. The molecule has 3 rings (SSSR count). The lowest BCUT2D eigenvalue weighted by atomic mass is 9.95. The highest BCUT2D eigenvalue weighted by molar-refractivity contribution is 6.46. The fourth-order valence-corrected chi connectivity index (χ4v) is 3.62. The number of hydrogen-bond donors (Lipinski definition) is 1. The van der Waals surface area contributed by atoms with E-state index in [1.165, 1.54) is 4.90 Å². The lowest BCUT2D eigenvalue weighted by Gasteiger charge is -2.25. The number of ether oxygens (including phenoxy) is 2. The largest absolute Gasteiger partial charge is 0.507 e. The number of hydrogen-bond acceptors (Lipinski definition) is 5. The van der Waals surface area contributed by atoms with Gasteiger partial charge in [0, 0.05) is 12.1 Å². The van der Waals surface area contributed by atoms with Crippen molar-refractivity contribution in [1.29, 1.82) is 0 Å². The summed E-state index contributed by atoms with van der Waals surface area (Å²) in [6, 6.07) is 13.3. The van der Waals surface area contributed by atoms with Gasteiger partial charge in [0.05, 0.1) is 18.7 Å². The second kappa shape index (κ2) is 9.98. The molecule has 0 aromatic heterocycles. The van der Waals surface area contributed by atoms with Gasteiger partial charge in [0.2, 0.25) is 0 Å². The van der Waals surface area contributed by atoms with Crippen LogP contribution >= 0.6 is 0 Å². The van der Waals surface area contributed by atoms with Gasteiger partial charge in [-0.2, -0.15) is 0 Å². The van der Waals surface area contributed by atoms with Gasteiger partial charge in [-0.1, -0.05) is 38.1 Å². The molecule has 6 heteroatoms. The van der Waals surface area contributed by atoms with Gasteiger partial charge in [0.25, 0.3) is 11.7 Å². The molecule has 6 nitrogen and oxygen atoms in total. The average molecular weight is 421 g/mol. The fraction of sp³-hybridized carbons (Fsp3) is 0.280. The minimum Gasteiger partial charge on any atom is -0.507 e. The molecule has 1 aliphatic heterocycles. The van der Waals surface area contributed by atoms with Gasteiger partial charge in [-0.05, 0) is 48.4 Å². The minimum atomic E-state index is -0.687. The Bertz CT molecular complexity index is 993. The monoisotopic (exact) mass is 421 g/mol. The summed E-state index contributed by atoms with van der Waals surface area (Å²) in [5.41, 5.74) is 1.23. The highest BCUT2D eigenvalue weighted by Crippen LogP contribution is 2.40. The summed E-state index contributed by atoms with van der Waals surface area (Å²) >= 11 is 0. The lowest BCUT2D eigenvalue weighted by Crippen LogP contribution is -2.30. The van der Waals surface area contributed by atoms with Crippen LogP contribution in [0.25, 0.3) is 5.76 Å². The molecule has 1 heterocycles. The summed E-state index contributed by atoms with van der Waals surface area (Å²) in [6.45, 7) is 6.42. The number of amides is 1. The van der Waals surface area contributed by atoms with Crippen molar-refractivity contribution in [2.45, 2.75) is 25.8 Å². The van der Waals surface area contributed by atoms with E-state index < -0.39 is 17.7 Å². The third-order valence-corrected chi connectivity index (χ3v) is 5.20. The zero-order valence-corrected chi connectivity index (χ0v) is 17.8. The van der Waals surface area contributed by atoms with Crippen LogP contribution in [-0.4, -0.2) is 42.0 Å². The Hall–Kier alpha value is -3.54. The van der Waals surface area contributed by atoms with Crippen molar-refractivity contribution in [2.24, 2.45) is 0 Å². The van der Waals surface area contributed by atoms with Crippen LogP contribution in [0.4, 0.5) is 0 Å². The Kier molecular flexibility index (Phi) is 7.13. The molecule has 1 aliphatic rings. The quantitative estimate of drug-likeness (QED) is 0.280. The maximum atomic E-state index is 13.0. The number of carbonyl (C=O) groups excluding carboxylic acids is 2. The number of aliphatic hydroxyl groups is 1. The van der Waals surface area contributed by atoms with Crippen molar-refractivity contribution in [1.82, 2.24) is 4.90 Å². The number of aliphatic hydroxyl groups excluding tert-OH is 1. The Labute approximate surface area is 182 Å². The number of Topliss-reactive ketones (excluding diaryl/α,β-unsaturated/α-hetero) is 1. The molecule has 0 spiro atoms. The molecule has 0 aliphatic carbocycles. The van der Waals surface area contributed by atoms with E-state index in [1.807, 2.05) is 13.0 Å². The average Bonchev–Trinajstić information content (AvgIpc) is 3.06. The van der Waals surface area contributed by atoms with Gasteiger partial charge in [-0.3, -0.25) is 9.59 Å². The van der Waals surface area contributed by atoms with Crippen LogP contribution in [0.2, 0.25) is 0 Å². The van der Waals surface area contributed by atoms with Crippen LogP contribution in [-0.2, 0) is 9.59 Å². The van der Waals surface area contributed by atoms with E-state index in [0.717, 1.165) is 12.8 Å². The highest BCUT2D eigenvalue weighted by atomic mass is 16.5. The molecule has 1 N–H and O–H groups in total. The first-order valence-corrected chi connectivity index (χ1v) is 10.3. The molecule has 1 saturated heterocycles. The smallest absolute Gasteiger partial charge is 0.295 e. The van der Waals surface area contributed by atoms with Gasteiger partial charge in [-0.15, -0.1) is 0 Å². The number of methoxy groups -OCH3 is 1. The van der Waals surface area contributed by atoms with Crippen molar-refractivity contribution in [3.63, 3.8) is 0 Å². The molecule has 2 aromatic carbocycles. The molecular formula is C25H27NO5. The summed E-state index contributed by atoms with van der Waals surface area (Å²) in [7, 11) is 1.56. The van der Waals surface area contributed by atoms with E-state index in [0.29, 0.717) is 35.8 Å². The normalized spacial score (nSPS) is 17.6. The van der Waals surface area contributed by atoms with E-state index in [2.05, 4.69) is 6.58 Å². The van der Waals surface area contributed by atoms with Gasteiger partial charge in [0.1, 0.15) is 23.9 Å². The van der Waals surface area contributed by atoms with Crippen molar-refractivity contribution in [3.8, 4) is 11.5 Å². The van der Waals surface area contributed by atoms with E-state index in [9.17, 15) is 14.7 Å². The van der Waals surface area contributed by atoms with Gasteiger partial charge < -0.3 is 19.5 Å². The predicted molar refractivity (Wildman–Crippen MR) is 119 cm³/mol. The molecule has 1 amide bonds. The van der Waals surface area contributed by atoms with Crippen LogP contribution in [0.3, 0.4) is 0 Å². The third-order valence-electron chi connectivity index (χ3n) is 5.20. The molecule has 31 heavy (non-hydrogen) atoms. The maximum Gasteiger partial charge on any atom is 0.295 e. The van der Waals surface area contributed by atoms with Crippen molar-refractivity contribution in [2.75, 3.05) is 20.3 Å². The molecule has 162 valence electrons. The van der Waals surface area contributed by atoms with E-state index in [-0.39, 0.29) is 11.3 Å². The molecular weight excluding hydrogens is 394 g/mol. The summed E-state index contributed by atoms with van der Waals surface area (Å²) < 4.78 is 10.8. The molecule has 1 unspecified atom stereocenters. The van der Waals surface area contributed by atoms with Crippen LogP contribution in [0.1, 0.15) is 36.9 Å². The van der Waals surface area contributed by atoms with Gasteiger partial charge in [-0.25, -0.2) is 0 Å². The van der Waals surface area contributed by atoms with Crippen molar-refractivity contribution < 1.29 is 24.2 Å². The van der Waals surface area contributed by atoms with Gasteiger partial charge in [0.15, 0.2) is 0 Å². The van der Waals surface area contributed by atoms with Gasteiger partial charge >= 0.3 is 0 Å². The Morgan fingerprint density at radius 2 is 1.90 bits per heavy atom. The summed E-state index contributed by atoms with van der Waals surface area (Å²) in [6.07, 6.45) is 3.27. The Morgan fingerprint density at radius 1 is 1.16 bits per heavy atom. The number of rotatable bonds is 9. The van der Waals surface area contributed by atoms with E-state index >= 15 is 0 Å². The highest BCUT2D eigenvalue weighted by Gasteiger charge is 2.45. The summed E-state index contributed by atoms with van der Waals surface area (Å²) in [5.74, 6) is -0.269. The standard InChI is InChI=1S/C25H27NO5/c1-4-6-14-26-22(18-8-7-9-20(16-18)30-3)21(24(28)25(26)29)23(27)17-10-12-19(13-11-17)31-15-5-2/h5,7-13,16,22,27H,2,4,6,14-15H2,1,3H3/b23-21-. The maximum absolute atomic E-state index is 13.0. The molecule has 2 aromatic rings. The number of carbonyl (C=O) groups is 2. The second-order valence-corrected chi connectivity index (χ2v) is 7.25. The minimum absolute atomic E-state index is 0.0779.